The molecule has 29 heavy (non-hydrogen) atoms. The van der Waals surface area contributed by atoms with Crippen LogP contribution in [0.25, 0.3) is 11.3 Å². The van der Waals surface area contributed by atoms with Gasteiger partial charge in [-0.2, -0.15) is 8.78 Å². The second kappa shape index (κ2) is 7.16. The standard InChI is InChI=1S/C20H22F2N4O2S/c1-29-25-16-10-28-9-12-6-11(2-3-14(12)16)17-15-4-5-20(21,22)18(15)24-19(23-17)26-7-13(27)8-26/h2-3,6,13,16,25,27H,4-5,7-10H2,1H3. The zero-order valence-electron chi connectivity index (χ0n) is 16.0. The van der Waals surface area contributed by atoms with E-state index in [9.17, 15) is 13.9 Å². The van der Waals surface area contributed by atoms with Crippen LogP contribution in [0.1, 0.15) is 34.8 Å². The third-order valence-corrected chi connectivity index (χ3v) is 6.29. The zero-order valence-corrected chi connectivity index (χ0v) is 16.8. The van der Waals surface area contributed by atoms with Gasteiger partial charge in [-0.1, -0.05) is 24.1 Å². The number of fused-ring (bicyclic) bond motifs is 2. The fraction of sp³-hybridized carbons (Fsp3) is 0.500. The molecule has 1 aliphatic carbocycles. The molecule has 3 aliphatic rings. The van der Waals surface area contributed by atoms with Crippen LogP contribution in [0.4, 0.5) is 14.7 Å². The zero-order chi connectivity index (χ0) is 20.2. The molecule has 0 bridgehead atoms. The van der Waals surface area contributed by atoms with Crippen LogP contribution in [0.15, 0.2) is 18.2 Å². The van der Waals surface area contributed by atoms with Gasteiger partial charge in [0.2, 0.25) is 5.95 Å². The Balaban J connectivity index is 1.59. The number of nitrogens with one attached hydrogen (secondary N) is 1. The van der Waals surface area contributed by atoms with Crippen LogP contribution in [-0.2, 0) is 23.7 Å². The molecule has 0 radical (unpaired) electrons. The quantitative estimate of drug-likeness (QED) is 0.737. The second-order valence-corrected chi connectivity index (χ2v) is 8.41. The first-order valence-corrected chi connectivity index (χ1v) is 10.9. The van der Waals surface area contributed by atoms with Crippen molar-refractivity contribution in [3.8, 4) is 11.3 Å². The number of ether oxygens (including phenoxy) is 1. The minimum atomic E-state index is -2.95. The molecule has 1 fully saturated rings. The lowest BCUT2D eigenvalue weighted by Gasteiger charge is -2.36. The molecule has 6 nitrogen and oxygen atoms in total. The first-order chi connectivity index (χ1) is 14.0. The highest BCUT2D eigenvalue weighted by Gasteiger charge is 2.44. The number of aliphatic hydroxyl groups excluding tert-OH is 1. The lowest BCUT2D eigenvalue weighted by Crippen LogP contribution is -2.51. The van der Waals surface area contributed by atoms with Gasteiger partial charge in [0.1, 0.15) is 5.69 Å². The molecule has 1 aromatic heterocycles. The molecule has 2 aromatic rings. The summed E-state index contributed by atoms with van der Waals surface area (Å²) in [5.74, 6) is -2.68. The molecule has 3 heterocycles. The Morgan fingerprint density at radius 2 is 2.14 bits per heavy atom. The number of alkyl halides is 2. The smallest absolute Gasteiger partial charge is 0.290 e. The SMILES string of the molecule is CSNC1COCc2cc(-c3nc(N4CC(O)C4)nc4c3CCC4(F)F)ccc21. The molecule has 2 aliphatic heterocycles. The van der Waals surface area contributed by atoms with Gasteiger partial charge in [-0.05, 0) is 29.9 Å². The number of rotatable bonds is 4. The monoisotopic (exact) mass is 420 g/mol. The van der Waals surface area contributed by atoms with Crippen molar-refractivity contribution in [2.75, 3.05) is 30.9 Å². The van der Waals surface area contributed by atoms with E-state index in [2.05, 4.69) is 14.7 Å². The highest BCUT2D eigenvalue weighted by atomic mass is 32.2. The largest absolute Gasteiger partial charge is 0.389 e. The number of hydrogen-bond donors (Lipinski definition) is 2. The van der Waals surface area contributed by atoms with Gasteiger partial charge >= 0.3 is 0 Å². The van der Waals surface area contributed by atoms with Gasteiger partial charge in [-0.25, -0.2) is 9.97 Å². The summed E-state index contributed by atoms with van der Waals surface area (Å²) >= 11 is 1.54. The number of anilines is 1. The lowest BCUT2D eigenvalue weighted by atomic mass is 9.95. The summed E-state index contributed by atoms with van der Waals surface area (Å²) in [6.45, 7) is 1.82. The van der Waals surface area contributed by atoms with E-state index in [1.807, 2.05) is 24.5 Å². The van der Waals surface area contributed by atoms with E-state index in [0.29, 0.717) is 37.6 Å². The van der Waals surface area contributed by atoms with E-state index in [-0.39, 0.29) is 30.5 Å². The molecule has 5 rings (SSSR count). The van der Waals surface area contributed by atoms with Crippen molar-refractivity contribution in [3.05, 3.63) is 40.6 Å². The molecular weight excluding hydrogens is 398 g/mol. The number of hydrogen-bond acceptors (Lipinski definition) is 7. The van der Waals surface area contributed by atoms with Crippen LogP contribution in [-0.4, -0.2) is 47.1 Å². The van der Waals surface area contributed by atoms with Gasteiger partial charge in [0, 0.05) is 30.6 Å². The molecule has 154 valence electrons. The lowest BCUT2D eigenvalue weighted by molar-refractivity contribution is -0.00596. The van der Waals surface area contributed by atoms with E-state index < -0.39 is 12.0 Å². The first kappa shape index (κ1) is 19.2. The Hall–Kier alpha value is -1.81. The number of nitrogens with zero attached hydrogens (tertiary/aromatic N) is 3. The van der Waals surface area contributed by atoms with Crippen molar-refractivity contribution in [2.45, 2.75) is 37.5 Å². The fourth-order valence-electron chi connectivity index (χ4n) is 4.24. The molecule has 1 unspecified atom stereocenters. The minimum Gasteiger partial charge on any atom is -0.389 e. The molecule has 1 atom stereocenters. The minimum absolute atomic E-state index is 0.0985. The summed E-state index contributed by atoms with van der Waals surface area (Å²) in [5.41, 5.74) is 3.92. The van der Waals surface area contributed by atoms with Crippen molar-refractivity contribution < 1.29 is 18.6 Å². The highest BCUT2D eigenvalue weighted by molar-refractivity contribution is 7.96. The molecule has 1 aromatic carbocycles. The molecule has 0 amide bonds. The number of β-amino-alcohol motifs (C(OH)–C–C–N with tert-alkyl or cyclic N) is 1. The third kappa shape index (κ3) is 3.30. The van der Waals surface area contributed by atoms with Crippen LogP contribution in [0.3, 0.4) is 0 Å². The van der Waals surface area contributed by atoms with E-state index in [1.54, 1.807) is 16.8 Å². The van der Waals surface area contributed by atoms with E-state index in [1.165, 1.54) is 0 Å². The predicted molar refractivity (Wildman–Crippen MR) is 107 cm³/mol. The number of benzene rings is 1. The van der Waals surface area contributed by atoms with E-state index in [0.717, 1.165) is 16.7 Å². The van der Waals surface area contributed by atoms with Crippen molar-refractivity contribution in [1.29, 1.82) is 0 Å². The number of aromatic nitrogens is 2. The van der Waals surface area contributed by atoms with Crippen molar-refractivity contribution in [2.24, 2.45) is 0 Å². The Morgan fingerprint density at radius 1 is 1.31 bits per heavy atom. The van der Waals surface area contributed by atoms with Crippen LogP contribution < -0.4 is 9.62 Å². The Morgan fingerprint density at radius 3 is 2.90 bits per heavy atom. The second-order valence-electron chi connectivity index (χ2n) is 7.77. The molecule has 1 saturated heterocycles. The van der Waals surface area contributed by atoms with Gasteiger partial charge in [-0.15, -0.1) is 0 Å². The number of aliphatic hydroxyl groups is 1. The molecule has 2 N–H and O–H groups in total. The molecule has 0 spiro atoms. The van der Waals surface area contributed by atoms with Gasteiger partial charge < -0.3 is 14.7 Å². The average molecular weight is 420 g/mol. The van der Waals surface area contributed by atoms with Gasteiger partial charge in [0.25, 0.3) is 5.92 Å². The van der Waals surface area contributed by atoms with Crippen molar-refractivity contribution in [1.82, 2.24) is 14.7 Å². The molecule has 9 heteroatoms. The molecular formula is C20H22F2N4O2S. The summed E-state index contributed by atoms with van der Waals surface area (Å²) in [5, 5.41) is 9.60. The summed E-state index contributed by atoms with van der Waals surface area (Å²) < 4.78 is 38.0. The first-order valence-electron chi connectivity index (χ1n) is 9.68. The highest BCUT2D eigenvalue weighted by Crippen LogP contribution is 2.45. The fourth-order valence-corrected chi connectivity index (χ4v) is 4.72. The van der Waals surface area contributed by atoms with Crippen LogP contribution in [0.2, 0.25) is 0 Å². The maximum absolute atomic E-state index is 14.5. The average Bonchev–Trinajstić information content (AvgIpc) is 3.00. The van der Waals surface area contributed by atoms with Crippen molar-refractivity contribution >= 4 is 17.9 Å². The topological polar surface area (TPSA) is 70.5 Å². The maximum atomic E-state index is 14.5. The summed E-state index contributed by atoms with van der Waals surface area (Å²) in [7, 11) is 0. The number of halogens is 2. The Bertz CT molecular complexity index is 952. The van der Waals surface area contributed by atoms with Gasteiger partial charge in [-0.3, -0.25) is 4.72 Å². The summed E-state index contributed by atoms with van der Waals surface area (Å²) in [6.07, 6.45) is 1.52. The van der Waals surface area contributed by atoms with Crippen LogP contribution >= 0.6 is 11.9 Å². The van der Waals surface area contributed by atoms with Crippen molar-refractivity contribution in [3.63, 3.8) is 0 Å². The normalized spacial score (nSPS) is 22.9. The van der Waals surface area contributed by atoms with Crippen LogP contribution in [0, 0.1) is 0 Å². The Labute approximate surface area is 171 Å². The van der Waals surface area contributed by atoms with Gasteiger partial charge in [0.15, 0.2) is 0 Å². The Kier molecular flexibility index (Phi) is 4.73. The maximum Gasteiger partial charge on any atom is 0.290 e. The van der Waals surface area contributed by atoms with Gasteiger partial charge in [0.05, 0.1) is 31.1 Å². The summed E-state index contributed by atoms with van der Waals surface area (Å²) in [4.78, 5) is 10.6. The third-order valence-electron chi connectivity index (χ3n) is 5.77. The van der Waals surface area contributed by atoms with E-state index in [4.69, 9.17) is 4.74 Å². The predicted octanol–water partition coefficient (Wildman–Crippen LogP) is 2.80. The van der Waals surface area contributed by atoms with Crippen LogP contribution in [0.5, 0.6) is 0 Å². The molecule has 0 saturated carbocycles. The summed E-state index contributed by atoms with van der Waals surface area (Å²) in [6, 6.07) is 6.08. The van der Waals surface area contributed by atoms with E-state index >= 15 is 0 Å².